The van der Waals surface area contributed by atoms with Crippen molar-refractivity contribution in [2.24, 2.45) is 11.8 Å². The minimum absolute atomic E-state index is 0.314. The fraction of sp³-hybridized carbons (Fsp3) is 0.800. The van der Waals surface area contributed by atoms with Crippen LogP contribution in [0.1, 0.15) is 38.5 Å². The summed E-state index contributed by atoms with van der Waals surface area (Å²) < 4.78 is 10.8. The fourth-order valence-electron chi connectivity index (χ4n) is 4.74. The summed E-state index contributed by atoms with van der Waals surface area (Å²) in [7, 11) is 0. The maximum absolute atomic E-state index is 10.5. The van der Waals surface area contributed by atoms with Gasteiger partial charge in [0.25, 0.3) is 0 Å². The van der Waals surface area contributed by atoms with Gasteiger partial charge in [0.05, 0.1) is 26.4 Å². The van der Waals surface area contributed by atoms with Gasteiger partial charge in [-0.1, -0.05) is 0 Å². The number of aliphatic carboxylic acids is 4. The van der Waals surface area contributed by atoms with Crippen LogP contribution in [0.3, 0.4) is 0 Å². The van der Waals surface area contributed by atoms with Crippen molar-refractivity contribution in [3.05, 3.63) is 0 Å². The van der Waals surface area contributed by atoms with Gasteiger partial charge in [-0.3, -0.25) is 9.59 Å². The molecule has 4 saturated heterocycles. The Morgan fingerprint density at radius 1 is 0.594 bits per heavy atom. The average Bonchev–Trinajstić information content (AvgIpc) is 2.67. The van der Waals surface area contributed by atoms with Gasteiger partial charge in [0.15, 0.2) is 0 Å². The molecule has 0 spiro atoms. The number of hydrogen-bond acceptors (Lipinski definition) is 8. The Hall–Kier alpha value is -2.28. The number of carboxylic acids is 4. The summed E-state index contributed by atoms with van der Waals surface area (Å²) in [5.41, 5.74) is 0. The number of fused-ring (bicyclic) bond motifs is 4. The van der Waals surface area contributed by atoms with Crippen molar-refractivity contribution in [1.29, 1.82) is 0 Å². The molecule has 4 heterocycles. The predicted molar refractivity (Wildman–Crippen MR) is 108 cm³/mol. The Kier molecular flexibility index (Phi) is 10.3. The molecule has 182 valence electrons. The quantitative estimate of drug-likeness (QED) is 0.298. The maximum Gasteiger partial charge on any atom is 0.414 e. The Bertz CT molecular complexity index is 593. The highest BCUT2D eigenvalue weighted by Gasteiger charge is 2.33. The van der Waals surface area contributed by atoms with E-state index in [9.17, 15) is 9.59 Å². The van der Waals surface area contributed by atoms with E-state index in [0.29, 0.717) is 48.8 Å². The highest BCUT2D eigenvalue weighted by Crippen LogP contribution is 2.27. The van der Waals surface area contributed by atoms with Crippen molar-refractivity contribution < 1.29 is 49.1 Å². The molecular formula is C20H32N2O10. The third-order valence-corrected chi connectivity index (χ3v) is 5.80. The van der Waals surface area contributed by atoms with E-state index in [-0.39, 0.29) is 0 Å². The molecule has 6 N–H and O–H groups in total. The number of rotatable bonds is 4. The zero-order valence-corrected chi connectivity index (χ0v) is 17.8. The van der Waals surface area contributed by atoms with Crippen LogP contribution in [-0.2, 0) is 28.7 Å². The lowest BCUT2D eigenvalue weighted by Gasteiger charge is -2.39. The van der Waals surface area contributed by atoms with Crippen molar-refractivity contribution in [1.82, 2.24) is 10.6 Å². The maximum atomic E-state index is 10.5. The van der Waals surface area contributed by atoms with Gasteiger partial charge in [-0.15, -0.1) is 0 Å². The number of carbonyl (C=O) groups is 4. The summed E-state index contributed by atoms with van der Waals surface area (Å²) in [5, 5.41) is 39.0. The second-order valence-corrected chi connectivity index (χ2v) is 8.68. The molecular weight excluding hydrogens is 428 g/mol. The Labute approximate surface area is 185 Å². The molecule has 4 aliphatic rings. The Morgan fingerprint density at radius 3 is 1.09 bits per heavy atom. The van der Waals surface area contributed by atoms with E-state index in [1.165, 1.54) is 0 Å². The van der Waals surface area contributed by atoms with Crippen molar-refractivity contribution in [3.63, 3.8) is 0 Å². The van der Waals surface area contributed by atoms with Gasteiger partial charge in [-0.25, -0.2) is 9.59 Å². The van der Waals surface area contributed by atoms with E-state index in [1.54, 1.807) is 0 Å². The zero-order chi connectivity index (χ0) is 23.7. The van der Waals surface area contributed by atoms with E-state index in [1.807, 2.05) is 0 Å². The molecule has 0 aromatic carbocycles. The molecule has 4 bridgehead atoms. The third kappa shape index (κ3) is 9.47. The molecule has 4 rings (SSSR count). The van der Waals surface area contributed by atoms with Gasteiger partial charge in [0, 0.05) is 37.0 Å². The Balaban J connectivity index is 0.000000183. The first kappa shape index (κ1) is 26.0. The van der Waals surface area contributed by atoms with Crippen LogP contribution >= 0.6 is 0 Å². The molecule has 12 heteroatoms. The molecule has 32 heavy (non-hydrogen) atoms. The molecule has 0 aliphatic carbocycles. The zero-order valence-electron chi connectivity index (χ0n) is 17.8. The van der Waals surface area contributed by atoms with E-state index >= 15 is 0 Å². The first-order valence-corrected chi connectivity index (χ1v) is 10.7. The fourth-order valence-corrected chi connectivity index (χ4v) is 4.74. The monoisotopic (exact) mass is 460 g/mol. The molecule has 0 amide bonds. The van der Waals surface area contributed by atoms with Crippen molar-refractivity contribution in [3.8, 4) is 0 Å². The van der Waals surface area contributed by atoms with Crippen LogP contribution in [0, 0.1) is 11.8 Å². The van der Waals surface area contributed by atoms with E-state index in [4.69, 9.17) is 39.5 Å². The molecule has 0 aromatic rings. The summed E-state index contributed by atoms with van der Waals surface area (Å²) in [6.07, 6.45) is 4.42. The second-order valence-electron chi connectivity index (χ2n) is 8.68. The lowest BCUT2D eigenvalue weighted by molar-refractivity contribution is -0.159. The first-order chi connectivity index (χ1) is 15.1. The molecule has 0 radical (unpaired) electrons. The average molecular weight is 460 g/mol. The summed E-state index contributed by atoms with van der Waals surface area (Å²) >= 11 is 0. The van der Waals surface area contributed by atoms with Crippen molar-refractivity contribution in [2.45, 2.75) is 62.7 Å². The standard InChI is InChI=1S/2C9H15NO3.C2H2O4/c2*11-9(12)3-6-1-7-4-13-5-8(2-6)10-7;3-1(4)2(5)6/h2*6-8,10H,1-5H2,(H,11,12);(H,3,4)(H,5,6). The molecule has 4 aliphatic heterocycles. The third-order valence-electron chi connectivity index (χ3n) is 5.80. The first-order valence-electron chi connectivity index (χ1n) is 10.7. The van der Waals surface area contributed by atoms with Gasteiger partial charge < -0.3 is 40.5 Å². The molecule has 12 nitrogen and oxygen atoms in total. The number of morpholine rings is 2. The van der Waals surface area contributed by atoms with Crippen molar-refractivity contribution >= 4 is 23.9 Å². The van der Waals surface area contributed by atoms with Crippen LogP contribution < -0.4 is 10.6 Å². The molecule has 4 unspecified atom stereocenters. The highest BCUT2D eigenvalue weighted by atomic mass is 16.5. The highest BCUT2D eigenvalue weighted by molar-refractivity contribution is 6.27. The number of carboxylic acid groups (broad SMARTS) is 4. The van der Waals surface area contributed by atoms with Gasteiger partial charge >= 0.3 is 23.9 Å². The summed E-state index contributed by atoms with van der Waals surface area (Å²) in [4.78, 5) is 39.3. The van der Waals surface area contributed by atoms with Gasteiger partial charge in [-0.2, -0.15) is 0 Å². The minimum atomic E-state index is -1.82. The topological polar surface area (TPSA) is 192 Å². The number of ether oxygens (including phenoxy) is 2. The van der Waals surface area contributed by atoms with E-state index in [0.717, 1.165) is 52.1 Å². The second kappa shape index (κ2) is 12.7. The molecule has 0 saturated carbocycles. The lowest BCUT2D eigenvalue weighted by atomic mass is 9.85. The van der Waals surface area contributed by atoms with Crippen LogP contribution in [0.2, 0.25) is 0 Å². The smallest absolute Gasteiger partial charge is 0.414 e. The minimum Gasteiger partial charge on any atom is -0.481 e. The summed E-state index contributed by atoms with van der Waals surface area (Å²) in [5.74, 6) is -4.31. The van der Waals surface area contributed by atoms with Crippen LogP contribution in [-0.4, -0.2) is 94.9 Å². The van der Waals surface area contributed by atoms with Crippen LogP contribution in [0.4, 0.5) is 0 Å². The summed E-state index contributed by atoms with van der Waals surface area (Å²) in [6.45, 7) is 2.97. The molecule has 0 aromatic heterocycles. The molecule has 4 fully saturated rings. The number of hydrogen-bond donors (Lipinski definition) is 6. The van der Waals surface area contributed by atoms with Crippen molar-refractivity contribution in [2.75, 3.05) is 26.4 Å². The van der Waals surface area contributed by atoms with Gasteiger partial charge in [0.2, 0.25) is 0 Å². The van der Waals surface area contributed by atoms with E-state index in [2.05, 4.69) is 10.6 Å². The van der Waals surface area contributed by atoms with Gasteiger partial charge in [-0.05, 0) is 37.5 Å². The normalized spacial score (nSPS) is 32.8. The predicted octanol–water partition coefficient (Wildman–Crippen LogP) is -0.388. The number of piperidine rings is 2. The van der Waals surface area contributed by atoms with E-state index < -0.39 is 23.9 Å². The molecule has 4 atom stereocenters. The summed E-state index contributed by atoms with van der Waals surface area (Å²) in [6, 6.07) is 1.54. The SMILES string of the molecule is O=C(O)C(=O)O.O=C(O)CC1CC2COCC(C1)N2.O=C(O)CC1CC2COCC(C1)N2. The Morgan fingerprint density at radius 2 is 0.875 bits per heavy atom. The van der Waals surface area contributed by atoms with Crippen LogP contribution in [0.15, 0.2) is 0 Å². The lowest BCUT2D eigenvalue weighted by Crippen LogP contribution is -2.54. The van der Waals surface area contributed by atoms with Crippen LogP contribution in [0.5, 0.6) is 0 Å². The largest absolute Gasteiger partial charge is 0.481 e. The number of nitrogens with one attached hydrogen (secondary N) is 2. The van der Waals surface area contributed by atoms with Gasteiger partial charge in [0.1, 0.15) is 0 Å². The van der Waals surface area contributed by atoms with Crippen LogP contribution in [0.25, 0.3) is 0 Å².